The summed E-state index contributed by atoms with van der Waals surface area (Å²) in [6.07, 6.45) is 4.37. The Morgan fingerprint density at radius 2 is 1.90 bits per heavy atom. The van der Waals surface area contributed by atoms with Gasteiger partial charge in [0.1, 0.15) is 17.2 Å². The fraction of sp³-hybridized carbons (Fsp3) is 0.333. The van der Waals surface area contributed by atoms with E-state index in [1.807, 2.05) is 18.2 Å². The Morgan fingerprint density at radius 1 is 1.10 bits per heavy atom. The number of methoxy groups -OCH3 is 2. The van der Waals surface area contributed by atoms with Gasteiger partial charge >= 0.3 is 0 Å². The molecule has 2 rings (SSSR count). The topological polar surface area (TPSA) is 56.3 Å². The van der Waals surface area contributed by atoms with E-state index in [0.717, 1.165) is 41.5 Å². The Balaban J connectivity index is 2.49. The second-order valence-electron chi connectivity index (χ2n) is 4.25. The fourth-order valence-electron chi connectivity index (χ4n) is 1.91. The molecule has 0 amide bonds. The highest BCUT2D eigenvalue weighted by Gasteiger charge is 2.13. The van der Waals surface area contributed by atoms with Crippen molar-refractivity contribution in [2.45, 2.75) is 13.3 Å². The second kappa shape index (κ2) is 6.75. The van der Waals surface area contributed by atoms with E-state index < -0.39 is 0 Å². The summed E-state index contributed by atoms with van der Waals surface area (Å²) >= 11 is 0. The quantitative estimate of drug-likeness (QED) is 0.876. The van der Waals surface area contributed by atoms with Crippen LogP contribution in [0.5, 0.6) is 11.5 Å². The average molecular weight is 273 g/mol. The van der Waals surface area contributed by atoms with Crippen molar-refractivity contribution in [1.29, 1.82) is 0 Å². The Kier molecular flexibility index (Phi) is 4.76. The van der Waals surface area contributed by atoms with Gasteiger partial charge < -0.3 is 14.8 Å². The summed E-state index contributed by atoms with van der Waals surface area (Å²) in [6, 6.07) is 5.63. The second-order valence-corrected chi connectivity index (χ2v) is 4.25. The van der Waals surface area contributed by atoms with E-state index in [4.69, 9.17) is 9.47 Å². The van der Waals surface area contributed by atoms with Crippen molar-refractivity contribution in [2.24, 2.45) is 0 Å². The third-order valence-electron chi connectivity index (χ3n) is 2.90. The van der Waals surface area contributed by atoms with Crippen LogP contribution in [-0.2, 0) is 0 Å². The van der Waals surface area contributed by atoms with E-state index in [9.17, 15) is 0 Å². The molecule has 2 aromatic rings. The zero-order valence-electron chi connectivity index (χ0n) is 12.0. The Hall–Kier alpha value is -2.30. The van der Waals surface area contributed by atoms with Crippen molar-refractivity contribution in [3.63, 3.8) is 0 Å². The predicted molar refractivity (Wildman–Crippen MR) is 79.4 cm³/mol. The van der Waals surface area contributed by atoms with Gasteiger partial charge in [0, 0.05) is 24.5 Å². The molecule has 0 bridgehead atoms. The summed E-state index contributed by atoms with van der Waals surface area (Å²) in [6.45, 7) is 2.95. The van der Waals surface area contributed by atoms with Gasteiger partial charge in [0.15, 0.2) is 5.82 Å². The number of nitrogens with zero attached hydrogens (tertiary/aromatic N) is 2. The standard InChI is InChI=1S/C15H19N3O2/c1-4-7-17-15-14(16-8-9-18-15)12-10-11(19-2)5-6-13(12)20-3/h5-6,8-10H,4,7H2,1-3H3,(H,17,18). The lowest BCUT2D eigenvalue weighted by Gasteiger charge is -2.13. The van der Waals surface area contributed by atoms with Gasteiger partial charge in [-0.05, 0) is 24.6 Å². The summed E-state index contributed by atoms with van der Waals surface area (Å²) < 4.78 is 10.7. The highest BCUT2D eigenvalue weighted by atomic mass is 16.5. The van der Waals surface area contributed by atoms with Gasteiger partial charge in [0.25, 0.3) is 0 Å². The SMILES string of the molecule is CCCNc1nccnc1-c1cc(OC)ccc1OC. The molecule has 0 aliphatic heterocycles. The van der Waals surface area contributed by atoms with Crippen LogP contribution in [0.2, 0.25) is 0 Å². The molecule has 20 heavy (non-hydrogen) atoms. The molecule has 0 aliphatic rings. The molecular formula is C15H19N3O2. The summed E-state index contributed by atoms with van der Waals surface area (Å²) in [5, 5.41) is 3.28. The third-order valence-corrected chi connectivity index (χ3v) is 2.90. The number of anilines is 1. The molecule has 106 valence electrons. The molecule has 1 aromatic carbocycles. The predicted octanol–water partition coefficient (Wildman–Crippen LogP) is 2.98. The number of ether oxygens (including phenoxy) is 2. The van der Waals surface area contributed by atoms with Crippen LogP contribution in [0, 0.1) is 0 Å². The lowest BCUT2D eigenvalue weighted by Crippen LogP contribution is -2.05. The molecule has 5 nitrogen and oxygen atoms in total. The first-order valence-electron chi connectivity index (χ1n) is 6.57. The van der Waals surface area contributed by atoms with E-state index in [2.05, 4.69) is 22.2 Å². The van der Waals surface area contributed by atoms with Gasteiger partial charge in [0.05, 0.1) is 14.2 Å². The number of hydrogen-bond acceptors (Lipinski definition) is 5. The number of benzene rings is 1. The van der Waals surface area contributed by atoms with Gasteiger partial charge in [-0.25, -0.2) is 4.98 Å². The molecule has 5 heteroatoms. The van der Waals surface area contributed by atoms with Crippen molar-refractivity contribution in [3.8, 4) is 22.8 Å². The van der Waals surface area contributed by atoms with Gasteiger partial charge in [-0.1, -0.05) is 6.92 Å². The number of rotatable bonds is 6. The summed E-state index contributed by atoms with van der Waals surface area (Å²) in [7, 11) is 3.28. The highest BCUT2D eigenvalue weighted by molar-refractivity contribution is 5.77. The number of nitrogens with one attached hydrogen (secondary N) is 1. The molecular weight excluding hydrogens is 254 g/mol. The molecule has 0 fully saturated rings. The Morgan fingerprint density at radius 3 is 2.60 bits per heavy atom. The molecule has 0 saturated heterocycles. The first kappa shape index (κ1) is 14.1. The third kappa shape index (κ3) is 2.99. The largest absolute Gasteiger partial charge is 0.497 e. The minimum atomic E-state index is 0.742. The van der Waals surface area contributed by atoms with Gasteiger partial charge in [-0.3, -0.25) is 4.98 Å². The molecule has 0 saturated carbocycles. The van der Waals surface area contributed by atoms with Crippen LogP contribution in [0.25, 0.3) is 11.3 Å². The zero-order chi connectivity index (χ0) is 14.4. The van der Waals surface area contributed by atoms with E-state index in [1.54, 1.807) is 26.6 Å². The minimum Gasteiger partial charge on any atom is -0.497 e. The summed E-state index contributed by atoms with van der Waals surface area (Å²) in [5.74, 6) is 2.25. The number of hydrogen-bond donors (Lipinski definition) is 1. The highest BCUT2D eigenvalue weighted by Crippen LogP contribution is 2.35. The monoisotopic (exact) mass is 273 g/mol. The lowest BCUT2D eigenvalue weighted by atomic mass is 10.1. The van der Waals surface area contributed by atoms with Crippen LogP contribution in [-0.4, -0.2) is 30.7 Å². The van der Waals surface area contributed by atoms with Crippen LogP contribution in [0.15, 0.2) is 30.6 Å². The van der Waals surface area contributed by atoms with Gasteiger partial charge in [-0.2, -0.15) is 0 Å². The van der Waals surface area contributed by atoms with E-state index in [1.165, 1.54) is 0 Å². The fourth-order valence-corrected chi connectivity index (χ4v) is 1.91. The Bertz CT molecular complexity index is 573. The molecule has 1 heterocycles. The molecule has 0 aliphatic carbocycles. The van der Waals surface area contributed by atoms with Crippen molar-refractivity contribution >= 4 is 5.82 Å². The molecule has 0 atom stereocenters. The molecule has 0 spiro atoms. The maximum Gasteiger partial charge on any atom is 0.152 e. The average Bonchev–Trinajstić information content (AvgIpc) is 2.52. The van der Waals surface area contributed by atoms with Gasteiger partial charge in [0.2, 0.25) is 0 Å². The zero-order valence-corrected chi connectivity index (χ0v) is 12.0. The number of aromatic nitrogens is 2. The van der Waals surface area contributed by atoms with Crippen LogP contribution in [0.4, 0.5) is 5.82 Å². The van der Waals surface area contributed by atoms with Crippen molar-refractivity contribution in [3.05, 3.63) is 30.6 Å². The molecule has 0 radical (unpaired) electrons. The van der Waals surface area contributed by atoms with E-state index >= 15 is 0 Å². The van der Waals surface area contributed by atoms with Crippen molar-refractivity contribution in [2.75, 3.05) is 26.1 Å². The normalized spacial score (nSPS) is 10.2. The van der Waals surface area contributed by atoms with Crippen LogP contribution < -0.4 is 14.8 Å². The van der Waals surface area contributed by atoms with E-state index in [0.29, 0.717) is 0 Å². The summed E-state index contributed by atoms with van der Waals surface area (Å²) in [4.78, 5) is 8.78. The minimum absolute atomic E-state index is 0.742. The molecule has 0 unspecified atom stereocenters. The Labute approximate surface area is 119 Å². The van der Waals surface area contributed by atoms with Crippen LogP contribution in [0.3, 0.4) is 0 Å². The summed E-state index contributed by atoms with van der Waals surface area (Å²) in [5.41, 5.74) is 1.62. The smallest absolute Gasteiger partial charge is 0.152 e. The maximum atomic E-state index is 5.41. The molecule has 1 N–H and O–H groups in total. The maximum absolute atomic E-state index is 5.41. The van der Waals surface area contributed by atoms with E-state index in [-0.39, 0.29) is 0 Å². The van der Waals surface area contributed by atoms with Crippen LogP contribution >= 0.6 is 0 Å². The van der Waals surface area contributed by atoms with Crippen molar-refractivity contribution < 1.29 is 9.47 Å². The first-order valence-corrected chi connectivity index (χ1v) is 6.57. The first-order chi connectivity index (χ1) is 9.80. The van der Waals surface area contributed by atoms with Crippen molar-refractivity contribution in [1.82, 2.24) is 9.97 Å². The lowest BCUT2D eigenvalue weighted by molar-refractivity contribution is 0.404. The van der Waals surface area contributed by atoms with Gasteiger partial charge in [-0.15, -0.1) is 0 Å². The van der Waals surface area contributed by atoms with Crippen LogP contribution in [0.1, 0.15) is 13.3 Å². The molecule has 1 aromatic heterocycles.